The molecule has 0 rings (SSSR count). The van der Waals surface area contributed by atoms with Crippen molar-refractivity contribution in [3.8, 4) is 0 Å². The van der Waals surface area contributed by atoms with Crippen LogP contribution in [0, 0.1) is 0 Å². The molecule has 0 saturated heterocycles. The van der Waals surface area contributed by atoms with Gasteiger partial charge in [-0.25, -0.2) is 0 Å². The highest BCUT2D eigenvalue weighted by atomic mass is 32.1. The van der Waals surface area contributed by atoms with Gasteiger partial charge in [-0.1, -0.05) is 6.92 Å². The molecule has 0 spiro atoms. The van der Waals surface area contributed by atoms with E-state index in [1.807, 2.05) is 6.92 Å². The lowest BCUT2D eigenvalue weighted by Gasteiger charge is -1.97. The normalized spacial score (nSPS) is 13.9. The molecule has 0 fully saturated rings. The summed E-state index contributed by atoms with van der Waals surface area (Å²) in [4.78, 5) is 19.2. The minimum Gasteiger partial charge on any atom is -0.480 e. The molecule has 110 valence electrons. The van der Waals surface area contributed by atoms with E-state index in [1.165, 1.54) is 13.8 Å². The molecule has 0 aromatic heterocycles. The molecule has 0 aliphatic rings. The van der Waals surface area contributed by atoms with Gasteiger partial charge in [0.15, 0.2) is 0 Å². The van der Waals surface area contributed by atoms with Crippen LogP contribution in [-0.2, 0) is 9.59 Å². The maximum Gasteiger partial charge on any atom is 0.316 e. The number of carboxylic acids is 2. The molecule has 0 bridgehead atoms. The van der Waals surface area contributed by atoms with Crippen LogP contribution in [0.5, 0.6) is 0 Å². The Kier molecular flexibility index (Phi) is 18.5. The van der Waals surface area contributed by atoms with Gasteiger partial charge in [0.1, 0.15) is 0 Å². The van der Waals surface area contributed by atoms with Crippen molar-refractivity contribution in [3.63, 3.8) is 0 Å². The standard InChI is InChI=1S/C4H10O2.2C3H6O2S/c1-2-4(6)3-5;2*1-2(6)3(4)5/h4-6H,2-3H2,1H3;2*2,6H,1H3,(H,4,5). The second kappa shape index (κ2) is 14.6. The Labute approximate surface area is 118 Å². The molecule has 0 radical (unpaired) electrons. The summed E-state index contributed by atoms with van der Waals surface area (Å²) in [5.41, 5.74) is 0. The van der Waals surface area contributed by atoms with Crippen LogP contribution in [0.1, 0.15) is 27.2 Å². The lowest BCUT2D eigenvalue weighted by molar-refractivity contribution is -0.137. The van der Waals surface area contributed by atoms with Crippen molar-refractivity contribution in [2.75, 3.05) is 6.61 Å². The third kappa shape index (κ3) is 24.7. The summed E-state index contributed by atoms with van der Waals surface area (Å²) >= 11 is 7.19. The summed E-state index contributed by atoms with van der Waals surface area (Å²) < 4.78 is 0. The Bertz CT molecular complexity index is 198. The molecular formula is C10H22O6S2. The average Bonchev–Trinajstić information content (AvgIpc) is 2.29. The van der Waals surface area contributed by atoms with E-state index in [9.17, 15) is 9.59 Å². The fourth-order valence-electron chi connectivity index (χ4n) is 0.129. The fourth-order valence-corrected chi connectivity index (χ4v) is 0.129. The largest absolute Gasteiger partial charge is 0.480 e. The van der Waals surface area contributed by atoms with Crippen LogP contribution in [0.25, 0.3) is 0 Å². The Hall–Kier alpha value is -0.440. The lowest BCUT2D eigenvalue weighted by atomic mass is 10.3. The van der Waals surface area contributed by atoms with Crippen LogP contribution in [0.4, 0.5) is 0 Å². The van der Waals surface area contributed by atoms with E-state index >= 15 is 0 Å². The Morgan fingerprint density at radius 3 is 1.28 bits per heavy atom. The summed E-state index contributed by atoms with van der Waals surface area (Å²) in [5, 5.41) is 31.3. The van der Waals surface area contributed by atoms with Crippen molar-refractivity contribution >= 4 is 37.2 Å². The maximum atomic E-state index is 9.62. The minimum atomic E-state index is -0.877. The highest BCUT2D eigenvalue weighted by Gasteiger charge is 2.00. The van der Waals surface area contributed by atoms with Crippen LogP contribution in [-0.4, -0.2) is 55.6 Å². The molecule has 4 N–H and O–H groups in total. The van der Waals surface area contributed by atoms with Crippen LogP contribution < -0.4 is 0 Å². The first kappa shape index (κ1) is 22.7. The number of carboxylic acid groups (broad SMARTS) is 2. The van der Waals surface area contributed by atoms with E-state index in [2.05, 4.69) is 25.3 Å². The molecule has 6 nitrogen and oxygen atoms in total. The van der Waals surface area contributed by atoms with Gasteiger partial charge in [0, 0.05) is 0 Å². The van der Waals surface area contributed by atoms with E-state index in [4.69, 9.17) is 20.4 Å². The van der Waals surface area contributed by atoms with Crippen LogP contribution in [0.3, 0.4) is 0 Å². The van der Waals surface area contributed by atoms with Gasteiger partial charge in [-0.05, 0) is 20.3 Å². The number of aliphatic hydroxyl groups excluding tert-OH is 2. The zero-order valence-corrected chi connectivity index (χ0v) is 12.4. The number of rotatable bonds is 4. The molecule has 8 heteroatoms. The highest BCUT2D eigenvalue weighted by molar-refractivity contribution is 7.81. The van der Waals surface area contributed by atoms with Crippen LogP contribution in [0.2, 0.25) is 0 Å². The van der Waals surface area contributed by atoms with Crippen molar-refractivity contribution in [2.45, 2.75) is 43.8 Å². The average molecular weight is 302 g/mol. The molecule has 0 amide bonds. The predicted octanol–water partition coefficient (Wildman–Crippen LogP) is 0.528. The maximum absolute atomic E-state index is 9.62. The molecule has 0 aliphatic heterocycles. The third-order valence-electron chi connectivity index (χ3n) is 1.40. The Morgan fingerprint density at radius 2 is 1.28 bits per heavy atom. The van der Waals surface area contributed by atoms with Gasteiger partial charge in [-0.2, -0.15) is 25.3 Å². The number of aliphatic hydroxyl groups is 2. The zero-order valence-electron chi connectivity index (χ0n) is 10.6. The Balaban J connectivity index is -0.000000187. The number of hydrogen-bond donors (Lipinski definition) is 6. The predicted molar refractivity (Wildman–Crippen MR) is 75.6 cm³/mol. The monoisotopic (exact) mass is 302 g/mol. The second-order valence-electron chi connectivity index (χ2n) is 3.27. The van der Waals surface area contributed by atoms with E-state index in [0.717, 1.165) is 0 Å². The summed E-state index contributed by atoms with van der Waals surface area (Å²) in [6.07, 6.45) is 0.126. The van der Waals surface area contributed by atoms with Crippen molar-refractivity contribution in [3.05, 3.63) is 0 Å². The molecule has 0 aromatic rings. The minimum absolute atomic E-state index is 0.115. The van der Waals surface area contributed by atoms with E-state index in [1.54, 1.807) is 0 Å². The van der Waals surface area contributed by atoms with Gasteiger partial charge >= 0.3 is 11.9 Å². The van der Waals surface area contributed by atoms with Gasteiger partial charge in [0.05, 0.1) is 23.2 Å². The summed E-state index contributed by atoms with van der Waals surface area (Å²) in [6.45, 7) is 4.72. The number of hydrogen-bond acceptors (Lipinski definition) is 6. The molecule has 3 unspecified atom stereocenters. The third-order valence-corrected chi connectivity index (χ3v) is 1.84. The van der Waals surface area contributed by atoms with Crippen molar-refractivity contribution < 1.29 is 30.0 Å². The van der Waals surface area contributed by atoms with Crippen molar-refractivity contribution in [1.82, 2.24) is 0 Å². The van der Waals surface area contributed by atoms with Gasteiger partial charge in [0.2, 0.25) is 0 Å². The molecule has 0 aromatic carbocycles. The van der Waals surface area contributed by atoms with E-state index in [-0.39, 0.29) is 6.61 Å². The van der Waals surface area contributed by atoms with Gasteiger partial charge in [0.25, 0.3) is 0 Å². The lowest BCUT2D eigenvalue weighted by Crippen LogP contribution is -2.08. The number of thiol groups is 2. The quantitative estimate of drug-likeness (QED) is 0.422. The fraction of sp³-hybridized carbons (Fsp3) is 0.800. The summed E-state index contributed by atoms with van der Waals surface area (Å²) in [5.74, 6) is -1.75. The first-order chi connectivity index (χ1) is 8.09. The topological polar surface area (TPSA) is 115 Å². The summed E-state index contributed by atoms with van der Waals surface area (Å²) in [7, 11) is 0. The van der Waals surface area contributed by atoms with E-state index < -0.39 is 28.5 Å². The smallest absolute Gasteiger partial charge is 0.316 e. The van der Waals surface area contributed by atoms with Crippen LogP contribution >= 0.6 is 25.3 Å². The van der Waals surface area contributed by atoms with Crippen molar-refractivity contribution in [2.24, 2.45) is 0 Å². The first-order valence-corrected chi connectivity index (χ1v) is 6.23. The van der Waals surface area contributed by atoms with Gasteiger partial charge in [-0.15, -0.1) is 0 Å². The number of carbonyl (C=O) groups is 2. The number of aliphatic carboxylic acids is 2. The molecule has 3 atom stereocenters. The molecule has 0 aliphatic carbocycles. The molecule has 0 saturated carbocycles. The van der Waals surface area contributed by atoms with Gasteiger partial charge in [-0.3, -0.25) is 9.59 Å². The second-order valence-corrected chi connectivity index (χ2v) is 4.82. The first-order valence-electron chi connectivity index (χ1n) is 5.20. The zero-order chi connectivity index (χ0) is 15.3. The molecule has 18 heavy (non-hydrogen) atoms. The van der Waals surface area contributed by atoms with Crippen LogP contribution in [0.15, 0.2) is 0 Å². The summed E-state index contributed by atoms with van der Waals surface area (Å²) in [6, 6.07) is 0. The SMILES string of the molecule is CC(S)C(=O)O.CC(S)C(=O)O.CCC(O)CO. The molecule has 0 heterocycles. The molecular weight excluding hydrogens is 280 g/mol. The van der Waals surface area contributed by atoms with E-state index in [0.29, 0.717) is 6.42 Å². The Morgan fingerprint density at radius 1 is 1.06 bits per heavy atom. The van der Waals surface area contributed by atoms with Gasteiger partial charge < -0.3 is 20.4 Å². The highest BCUT2D eigenvalue weighted by Crippen LogP contribution is 1.89. The van der Waals surface area contributed by atoms with Crippen molar-refractivity contribution in [1.29, 1.82) is 0 Å².